The summed E-state index contributed by atoms with van der Waals surface area (Å²) in [5.41, 5.74) is 1.40. The predicted molar refractivity (Wildman–Crippen MR) is 87.6 cm³/mol. The van der Waals surface area contributed by atoms with E-state index in [1.807, 2.05) is 6.92 Å². The summed E-state index contributed by atoms with van der Waals surface area (Å²) >= 11 is 3.39. The Hall–Kier alpha value is -1.88. The molecule has 1 amide bonds. The molecule has 22 heavy (non-hydrogen) atoms. The average Bonchev–Trinajstić information content (AvgIpc) is 2.54. The second-order valence-corrected chi connectivity index (χ2v) is 5.84. The molecule has 0 heterocycles. The van der Waals surface area contributed by atoms with Crippen molar-refractivity contribution >= 4 is 21.8 Å². The van der Waals surface area contributed by atoms with Crippen LogP contribution in [-0.4, -0.2) is 25.0 Å². The summed E-state index contributed by atoms with van der Waals surface area (Å²) in [4.78, 5) is 14.3. The molecule has 0 aliphatic carbocycles. The third-order valence-corrected chi connectivity index (χ3v) is 4.35. The number of ether oxygens (including phenoxy) is 1. The number of carbonyl (C=O) groups excluding carboxylic acids is 1. The lowest BCUT2D eigenvalue weighted by Crippen LogP contribution is -2.30. The van der Waals surface area contributed by atoms with Gasteiger partial charge in [-0.15, -0.1) is 0 Å². The van der Waals surface area contributed by atoms with Crippen LogP contribution in [0.25, 0.3) is 0 Å². The topological polar surface area (TPSA) is 29.5 Å². The number of amides is 1. The molecule has 0 aromatic heterocycles. The molecular weight excluding hydrogens is 349 g/mol. The minimum Gasteiger partial charge on any atom is -0.497 e. The van der Waals surface area contributed by atoms with Gasteiger partial charge in [0.15, 0.2) is 0 Å². The number of rotatable bonds is 4. The maximum absolute atomic E-state index is 13.0. The van der Waals surface area contributed by atoms with Crippen LogP contribution in [-0.2, 0) is 0 Å². The molecule has 0 N–H and O–H groups in total. The highest BCUT2D eigenvalue weighted by Crippen LogP contribution is 2.27. The van der Waals surface area contributed by atoms with Gasteiger partial charge in [-0.3, -0.25) is 4.79 Å². The van der Waals surface area contributed by atoms with E-state index in [0.29, 0.717) is 15.8 Å². The lowest BCUT2D eigenvalue weighted by Gasteiger charge is -2.26. The summed E-state index contributed by atoms with van der Waals surface area (Å²) in [6.45, 7) is 1.90. The molecule has 0 aliphatic rings. The van der Waals surface area contributed by atoms with E-state index in [1.54, 1.807) is 49.4 Å². The first-order chi connectivity index (χ1) is 10.4. The van der Waals surface area contributed by atoms with Gasteiger partial charge in [-0.2, -0.15) is 0 Å². The fourth-order valence-electron chi connectivity index (χ4n) is 2.13. The number of benzene rings is 2. The van der Waals surface area contributed by atoms with Crippen LogP contribution >= 0.6 is 15.9 Å². The minimum atomic E-state index is -0.291. The van der Waals surface area contributed by atoms with E-state index in [9.17, 15) is 9.18 Å². The van der Waals surface area contributed by atoms with E-state index in [1.165, 1.54) is 12.1 Å². The molecule has 0 saturated carbocycles. The average molecular weight is 366 g/mol. The molecule has 2 aromatic rings. The zero-order valence-corrected chi connectivity index (χ0v) is 14.2. The molecule has 0 fully saturated rings. The third kappa shape index (κ3) is 3.47. The fraction of sp³-hybridized carbons (Fsp3) is 0.235. The van der Waals surface area contributed by atoms with E-state index in [4.69, 9.17) is 4.74 Å². The van der Waals surface area contributed by atoms with Crippen LogP contribution in [0.3, 0.4) is 0 Å². The monoisotopic (exact) mass is 365 g/mol. The van der Waals surface area contributed by atoms with Crippen molar-refractivity contribution in [3.05, 3.63) is 63.9 Å². The molecule has 1 atom stereocenters. The Morgan fingerprint density at radius 2 is 1.86 bits per heavy atom. The van der Waals surface area contributed by atoms with Crippen LogP contribution in [0.5, 0.6) is 5.75 Å². The van der Waals surface area contributed by atoms with Gasteiger partial charge >= 0.3 is 0 Å². The highest BCUT2D eigenvalue weighted by Gasteiger charge is 2.21. The normalized spacial score (nSPS) is 11.9. The van der Waals surface area contributed by atoms with Crippen LogP contribution < -0.4 is 4.74 Å². The van der Waals surface area contributed by atoms with Gasteiger partial charge < -0.3 is 9.64 Å². The lowest BCUT2D eigenvalue weighted by molar-refractivity contribution is 0.0741. The van der Waals surface area contributed by atoms with Crippen LogP contribution in [0.4, 0.5) is 4.39 Å². The summed E-state index contributed by atoms with van der Waals surface area (Å²) in [6.07, 6.45) is 0. The maximum Gasteiger partial charge on any atom is 0.255 e. The van der Waals surface area contributed by atoms with Crippen molar-refractivity contribution < 1.29 is 13.9 Å². The highest BCUT2D eigenvalue weighted by atomic mass is 79.9. The Morgan fingerprint density at radius 3 is 2.45 bits per heavy atom. The van der Waals surface area contributed by atoms with Crippen molar-refractivity contribution in [1.82, 2.24) is 4.90 Å². The molecule has 0 bridgehead atoms. The van der Waals surface area contributed by atoms with Crippen LogP contribution in [0.1, 0.15) is 28.9 Å². The van der Waals surface area contributed by atoms with E-state index in [0.717, 1.165) is 5.56 Å². The molecule has 0 spiro atoms. The van der Waals surface area contributed by atoms with Crippen LogP contribution in [0.15, 0.2) is 46.9 Å². The first-order valence-corrected chi connectivity index (χ1v) is 7.59. The molecule has 0 saturated heterocycles. The first kappa shape index (κ1) is 16.5. The Labute approximate surface area is 137 Å². The number of nitrogens with zero attached hydrogens (tertiary/aromatic N) is 1. The molecule has 1 unspecified atom stereocenters. The van der Waals surface area contributed by atoms with Gasteiger partial charge in [0.2, 0.25) is 0 Å². The van der Waals surface area contributed by atoms with Gasteiger partial charge in [0.25, 0.3) is 5.91 Å². The van der Waals surface area contributed by atoms with Gasteiger partial charge in [-0.05, 0) is 58.7 Å². The molecular formula is C17H17BrFNO2. The number of hydrogen-bond acceptors (Lipinski definition) is 2. The van der Waals surface area contributed by atoms with Crippen molar-refractivity contribution in [2.24, 2.45) is 0 Å². The second kappa shape index (κ2) is 6.92. The number of carbonyl (C=O) groups is 1. The van der Waals surface area contributed by atoms with Crippen molar-refractivity contribution in [2.75, 3.05) is 14.2 Å². The van der Waals surface area contributed by atoms with Gasteiger partial charge in [0.1, 0.15) is 11.6 Å². The largest absolute Gasteiger partial charge is 0.497 e. The van der Waals surface area contributed by atoms with E-state index in [2.05, 4.69) is 15.9 Å². The molecule has 2 rings (SSSR count). The Balaban J connectivity index is 2.26. The number of halogens is 2. The highest BCUT2D eigenvalue weighted by molar-refractivity contribution is 9.10. The van der Waals surface area contributed by atoms with Crippen molar-refractivity contribution in [2.45, 2.75) is 13.0 Å². The SMILES string of the molecule is COc1ccc(Br)c(C(=O)N(C)C(C)c2ccc(F)cc2)c1. The molecule has 116 valence electrons. The summed E-state index contributed by atoms with van der Waals surface area (Å²) in [5.74, 6) is 0.192. The predicted octanol–water partition coefficient (Wildman–Crippen LogP) is 4.43. The quantitative estimate of drug-likeness (QED) is 0.801. The maximum atomic E-state index is 13.0. The Kier molecular flexibility index (Phi) is 5.19. The zero-order valence-electron chi connectivity index (χ0n) is 12.6. The molecule has 0 aliphatic heterocycles. The Bertz CT molecular complexity index is 673. The summed E-state index contributed by atoms with van der Waals surface area (Å²) in [7, 11) is 3.28. The lowest BCUT2D eigenvalue weighted by atomic mass is 10.1. The minimum absolute atomic E-state index is 0.136. The van der Waals surface area contributed by atoms with E-state index in [-0.39, 0.29) is 17.8 Å². The molecule has 0 radical (unpaired) electrons. The first-order valence-electron chi connectivity index (χ1n) is 6.80. The van der Waals surface area contributed by atoms with Crippen molar-refractivity contribution in [1.29, 1.82) is 0 Å². The fourth-order valence-corrected chi connectivity index (χ4v) is 2.54. The molecule has 5 heteroatoms. The van der Waals surface area contributed by atoms with Crippen LogP contribution in [0, 0.1) is 5.82 Å². The van der Waals surface area contributed by atoms with Gasteiger partial charge in [0.05, 0.1) is 18.7 Å². The van der Waals surface area contributed by atoms with E-state index >= 15 is 0 Å². The Morgan fingerprint density at radius 1 is 1.23 bits per heavy atom. The summed E-state index contributed by atoms with van der Waals surface area (Å²) in [5, 5.41) is 0. The van der Waals surface area contributed by atoms with Crippen LogP contribution in [0.2, 0.25) is 0 Å². The smallest absolute Gasteiger partial charge is 0.255 e. The van der Waals surface area contributed by atoms with Gasteiger partial charge in [-0.1, -0.05) is 12.1 Å². The standard InChI is InChI=1S/C17H17BrFNO2/c1-11(12-4-6-13(19)7-5-12)20(2)17(21)15-10-14(22-3)8-9-16(15)18/h4-11H,1-3H3. The molecule has 3 nitrogen and oxygen atoms in total. The van der Waals surface area contributed by atoms with Gasteiger partial charge in [0, 0.05) is 11.5 Å². The van der Waals surface area contributed by atoms with Crippen molar-refractivity contribution in [3.63, 3.8) is 0 Å². The van der Waals surface area contributed by atoms with Crippen molar-refractivity contribution in [3.8, 4) is 5.75 Å². The summed E-state index contributed by atoms with van der Waals surface area (Å²) < 4.78 is 18.9. The second-order valence-electron chi connectivity index (χ2n) is 4.99. The third-order valence-electron chi connectivity index (χ3n) is 3.66. The van der Waals surface area contributed by atoms with Gasteiger partial charge in [-0.25, -0.2) is 4.39 Å². The number of hydrogen-bond donors (Lipinski definition) is 0. The zero-order chi connectivity index (χ0) is 16.3. The number of methoxy groups -OCH3 is 1. The molecule has 2 aromatic carbocycles. The summed E-state index contributed by atoms with van der Waals surface area (Å²) in [6, 6.07) is 11.2. The van der Waals surface area contributed by atoms with E-state index < -0.39 is 0 Å².